The molecule has 4 aromatic rings. The van der Waals surface area contributed by atoms with Gasteiger partial charge in [0, 0.05) is 49.0 Å². The van der Waals surface area contributed by atoms with Gasteiger partial charge < -0.3 is 19.5 Å². The molecule has 3 saturated heterocycles. The standard InChI is InChI=1S/C28H29N7O3/c1-18(36)17-38-25-8-26(28-20(9-29)11-32-35(28)16-25)19-3-6-27(31-10-19)33-14-22-7-23(15-33)34(22)13-21-4-5-24(37-2)12-30-21/h3-6,8,10-12,16,18,22-23,36H,7,13-15,17H2,1-2H3/t18-,22?,23?/m1/s1. The maximum atomic E-state index is 9.63. The number of hydrogen-bond acceptors (Lipinski definition) is 9. The second-order valence-corrected chi connectivity index (χ2v) is 9.93. The first kappa shape index (κ1) is 24.2. The fourth-order valence-corrected chi connectivity index (χ4v) is 5.37. The van der Waals surface area contributed by atoms with Crippen molar-refractivity contribution in [1.82, 2.24) is 24.5 Å². The number of ether oxygens (including phenoxy) is 2. The van der Waals surface area contributed by atoms with Crippen LogP contribution in [0, 0.1) is 11.3 Å². The number of fused-ring (bicyclic) bond motifs is 3. The maximum Gasteiger partial charge on any atom is 0.138 e. The Bertz CT molecular complexity index is 1470. The van der Waals surface area contributed by atoms with Crippen LogP contribution in [-0.2, 0) is 6.54 Å². The van der Waals surface area contributed by atoms with E-state index in [1.54, 1.807) is 37.1 Å². The average Bonchev–Trinajstić information content (AvgIpc) is 3.38. The number of nitriles is 1. The van der Waals surface area contributed by atoms with Gasteiger partial charge in [-0.1, -0.05) is 0 Å². The van der Waals surface area contributed by atoms with E-state index >= 15 is 0 Å². The van der Waals surface area contributed by atoms with Crippen LogP contribution in [0.5, 0.6) is 11.5 Å². The van der Waals surface area contributed by atoms with Gasteiger partial charge in [0.2, 0.25) is 0 Å². The molecular formula is C28H29N7O3. The van der Waals surface area contributed by atoms with Crippen LogP contribution >= 0.6 is 0 Å². The highest BCUT2D eigenvalue weighted by molar-refractivity contribution is 5.85. The Morgan fingerprint density at radius 2 is 1.95 bits per heavy atom. The van der Waals surface area contributed by atoms with E-state index in [0.717, 1.165) is 48.0 Å². The van der Waals surface area contributed by atoms with Crippen LogP contribution in [0.2, 0.25) is 0 Å². The molecular weight excluding hydrogens is 482 g/mol. The van der Waals surface area contributed by atoms with Crippen molar-refractivity contribution in [1.29, 1.82) is 5.26 Å². The van der Waals surface area contributed by atoms with Gasteiger partial charge in [-0.25, -0.2) is 9.50 Å². The van der Waals surface area contributed by atoms with Crippen LogP contribution < -0.4 is 14.4 Å². The van der Waals surface area contributed by atoms with Crippen molar-refractivity contribution in [3.05, 3.63) is 66.4 Å². The number of pyridine rings is 3. The lowest BCUT2D eigenvalue weighted by Gasteiger charge is -2.56. The van der Waals surface area contributed by atoms with E-state index in [9.17, 15) is 10.4 Å². The zero-order valence-electron chi connectivity index (χ0n) is 21.4. The summed E-state index contributed by atoms with van der Waals surface area (Å²) in [6.45, 7) is 4.52. The quantitative estimate of drug-likeness (QED) is 0.382. The van der Waals surface area contributed by atoms with Crippen LogP contribution in [0.15, 0.2) is 55.1 Å². The first-order valence-corrected chi connectivity index (χ1v) is 12.7. The number of rotatable bonds is 8. The fraction of sp³-hybridized carbons (Fsp3) is 0.357. The summed E-state index contributed by atoms with van der Waals surface area (Å²) in [5.41, 5.74) is 3.91. The van der Waals surface area contributed by atoms with Gasteiger partial charge in [-0.3, -0.25) is 9.88 Å². The molecule has 10 heteroatoms. The van der Waals surface area contributed by atoms with E-state index in [1.807, 2.05) is 36.5 Å². The lowest BCUT2D eigenvalue weighted by molar-refractivity contribution is -0.00969. The largest absolute Gasteiger partial charge is 0.495 e. The smallest absolute Gasteiger partial charge is 0.138 e. The number of piperidine rings is 1. The summed E-state index contributed by atoms with van der Waals surface area (Å²) in [5, 5.41) is 23.6. The monoisotopic (exact) mass is 511 g/mol. The Kier molecular flexibility index (Phi) is 6.31. The Balaban J connectivity index is 1.19. The summed E-state index contributed by atoms with van der Waals surface area (Å²) in [7, 11) is 1.65. The number of aliphatic hydroxyl groups is 1. The third-order valence-electron chi connectivity index (χ3n) is 7.30. The van der Waals surface area contributed by atoms with Crippen molar-refractivity contribution < 1.29 is 14.6 Å². The Morgan fingerprint density at radius 1 is 1.11 bits per heavy atom. The molecule has 0 aliphatic carbocycles. The molecule has 10 nitrogen and oxygen atoms in total. The molecule has 0 amide bonds. The van der Waals surface area contributed by atoms with Crippen LogP contribution in [0.25, 0.3) is 16.6 Å². The molecule has 38 heavy (non-hydrogen) atoms. The summed E-state index contributed by atoms with van der Waals surface area (Å²) in [6, 6.07) is 13.1. The molecule has 194 valence electrons. The molecule has 1 N–H and O–H groups in total. The van der Waals surface area contributed by atoms with Gasteiger partial charge in [0.05, 0.1) is 48.6 Å². The fourth-order valence-electron chi connectivity index (χ4n) is 5.37. The molecule has 0 saturated carbocycles. The average molecular weight is 512 g/mol. The molecule has 3 fully saturated rings. The van der Waals surface area contributed by atoms with Crippen molar-refractivity contribution in [3.8, 4) is 28.7 Å². The maximum absolute atomic E-state index is 9.63. The zero-order valence-corrected chi connectivity index (χ0v) is 21.4. The minimum atomic E-state index is -0.596. The Hall–Kier alpha value is -4.20. The highest BCUT2D eigenvalue weighted by atomic mass is 16.5. The van der Waals surface area contributed by atoms with Crippen LogP contribution in [0.4, 0.5) is 5.82 Å². The topological polar surface area (TPSA) is 112 Å². The number of methoxy groups -OCH3 is 1. The highest BCUT2D eigenvalue weighted by Gasteiger charge is 2.44. The van der Waals surface area contributed by atoms with Crippen LogP contribution in [0.1, 0.15) is 24.6 Å². The van der Waals surface area contributed by atoms with Crippen molar-refractivity contribution in [2.45, 2.75) is 38.1 Å². The second-order valence-electron chi connectivity index (χ2n) is 9.93. The SMILES string of the molecule is COc1ccc(CN2C3CC2CN(c2ccc(-c4cc(OC[C@@H](C)O)cn5ncc(C#N)c45)cn2)C3)nc1. The minimum absolute atomic E-state index is 0.164. The van der Waals surface area contributed by atoms with E-state index in [2.05, 4.69) is 26.0 Å². The van der Waals surface area contributed by atoms with E-state index in [4.69, 9.17) is 14.5 Å². The molecule has 0 spiro atoms. The van der Waals surface area contributed by atoms with Gasteiger partial charge >= 0.3 is 0 Å². The minimum Gasteiger partial charge on any atom is -0.495 e. The molecule has 2 unspecified atom stereocenters. The van der Waals surface area contributed by atoms with Crippen molar-refractivity contribution in [2.24, 2.45) is 0 Å². The number of hydrogen-bond donors (Lipinski definition) is 1. The number of nitrogens with zero attached hydrogens (tertiary/aromatic N) is 7. The normalized spacial score (nSPS) is 19.6. The summed E-state index contributed by atoms with van der Waals surface area (Å²) in [4.78, 5) is 14.2. The lowest BCUT2D eigenvalue weighted by Crippen LogP contribution is -2.68. The first-order valence-electron chi connectivity index (χ1n) is 12.7. The molecule has 3 aliphatic heterocycles. The molecule has 0 aromatic carbocycles. The van der Waals surface area contributed by atoms with Gasteiger partial charge in [0.1, 0.15) is 30.0 Å². The van der Waals surface area contributed by atoms with Crippen molar-refractivity contribution in [3.63, 3.8) is 0 Å². The number of aliphatic hydroxyl groups excluding tert-OH is 1. The third kappa shape index (κ3) is 4.51. The van der Waals surface area contributed by atoms with E-state index in [1.165, 1.54) is 6.42 Å². The Labute approximate surface area is 220 Å². The third-order valence-corrected chi connectivity index (χ3v) is 7.30. The van der Waals surface area contributed by atoms with Crippen LogP contribution in [0.3, 0.4) is 0 Å². The molecule has 7 rings (SSSR count). The summed E-state index contributed by atoms with van der Waals surface area (Å²) < 4.78 is 12.6. The number of aromatic nitrogens is 4. The van der Waals surface area contributed by atoms with Gasteiger partial charge in [-0.05, 0) is 43.7 Å². The van der Waals surface area contributed by atoms with Crippen LogP contribution in [-0.4, -0.2) is 74.6 Å². The van der Waals surface area contributed by atoms with E-state index in [0.29, 0.717) is 28.9 Å². The van der Waals surface area contributed by atoms with Crippen molar-refractivity contribution in [2.75, 3.05) is 31.7 Å². The van der Waals surface area contributed by atoms with Gasteiger partial charge in [-0.2, -0.15) is 10.4 Å². The lowest BCUT2D eigenvalue weighted by atomic mass is 9.87. The zero-order chi connectivity index (χ0) is 26.2. The predicted octanol–water partition coefficient (Wildman–Crippen LogP) is 2.89. The predicted molar refractivity (Wildman–Crippen MR) is 141 cm³/mol. The van der Waals surface area contributed by atoms with Gasteiger partial charge in [-0.15, -0.1) is 0 Å². The molecule has 7 heterocycles. The Morgan fingerprint density at radius 3 is 2.61 bits per heavy atom. The van der Waals surface area contributed by atoms with E-state index in [-0.39, 0.29) is 6.61 Å². The number of anilines is 1. The molecule has 3 aliphatic rings. The van der Waals surface area contributed by atoms with Crippen molar-refractivity contribution >= 4 is 11.3 Å². The summed E-state index contributed by atoms with van der Waals surface area (Å²) >= 11 is 0. The van der Waals surface area contributed by atoms with Gasteiger partial charge in [0.25, 0.3) is 0 Å². The highest BCUT2D eigenvalue weighted by Crippen LogP contribution is 2.36. The molecule has 2 bridgehead atoms. The summed E-state index contributed by atoms with van der Waals surface area (Å²) in [5.74, 6) is 2.28. The molecule has 3 atom stereocenters. The van der Waals surface area contributed by atoms with E-state index < -0.39 is 6.10 Å². The summed E-state index contributed by atoms with van der Waals surface area (Å²) in [6.07, 6.45) is 7.48. The number of piperazine rings is 1. The second kappa shape index (κ2) is 9.93. The molecule has 4 aromatic heterocycles. The van der Waals surface area contributed by atoms with Gasteiger partial charge in [0.15, 0.2) is 0 Å². The molecule has 0 radical (unpaired) electrons. The first-order chi connectivity index (χ1) is 18.5.